The molecule has 6 N–H and O–H groups in total. The molecule has 18 rings (SSSR count). The summed E-state index contributed by atoms with van der Waals surface area (Å²) in [7, 11) is 0. The molecule has 0 spiro atoms. The van der Waals surface area contributed by atoms with Crippen LogP contribution in [0.15, 0.2) is 274 Å². The molecule has 0 aliphatic heterocycles. The van der Waals surface area contributed by atoms with Gasteiger partial charge in [-0.05, 0) is 154 Å². The van der Waals surface area contributed by atoms with Crippen molar-refractivity contribution in [2.24, 2.45) is 0 Å². The number of ketones is 2. The molecule has 12 aromatic heterocycles. The largest absolute Gasteiger partial charge is 0.480 e. The number of halogens is 7. The average Bonchev–Trinajstić information content (AvgIpc) is 1.67. The Hall–Kier alpha value is -12.4. The van der Waals surface area contributed by atoms with Crippen molar-refractivity contribution in [3.8, 4) is 28.4 Å². The van der Waals surface area contributed by atoms with Crippen LogP contribution in [0.25, 0.3) is 83.6 Å². The van der Waals surface area contributed by atoms with Crippen molar-refractivity contribution >= 4 is 223 Å². The molecule has 0 aliphatic rings. The van der Waals surface area contributed by atoms with Crippen LogP contribution in [0.4, 0.5) is 0 Å². The minimum Gasteiger partial charge on any atom is -0.480 e. The standard InChI is InChI=1S/C19H12BrClN4O2S.C18H12ClN5O2S.C17H11Cl2N5OS.C17H17ClN4O3S.C15H13ClN4O3S/c20-12-6-4-11(5-7-12)16(26)10-28-19-23-17-15(18(27)24-19)9-22-25(17)14-3-1-2-13(21)8-14;19-11-4-3-5-12(8-11)24-16-13(9-21-24)17(26)23-18(22-16)27-10-15(25)14-6-1-2-7-20-14;18-11-2-1-3-12(6-11)24-15-13(8-21-24)16(25)23-17(22-15)26-9-10-4-5-14(19)20-7-10;1-2-25-14(23)7-4-8-26-17-20-15-13(16(24)21-17)10-19-22(15)12-6-3-5-11(18)9-12;1-15(2,13(22)23)24-14-18-11-10(12(21)19-14)7-17-20(11)9-5-3-4-8(16)6-9/h1-9H,10H2,(H,23,24,27);1-9H,10H2,(H,22,23,26);1-8H,9H2,(H,22,23,25);3,5-6,9-10H,2,4,7-8H2,1H3,(H,20,21,24);3-7H,1-2H3,(H,22,23)(H,18,19,21). The third kappa shape index (κ3) is 24.3. The minimum atomic E-state index is -1.13. The number of ether oxygens (including phenoxy) is 1. The molecule has 664 valence electrons. The Bertz CT molecular complexity index is 7610. The highest BCUT2D eigenvalue weighted by atomic mass is 79.9. The quantitative estimate of drug-likeness (QED) is 0.00773. The first-order valence-electron chi connectivity index (χ1n) is 38.7. The SMILES string of the molecule is CC(C)(Sc1nc2c(cnn2-c2cccc(Cl)c2)c(=O)[nH]1)C(=O)O.CCOC(=O)CCCSc1nc2c(cnn2-c2cccc(Cl)c2)c(=O)[nH]1.O=C(CSc1nc2c(cnn2-c2cccc(Cl)c2)c(=O)[nH]1)c1ccc(Br)cc1.O=C(CSc1nc2c(cnn2-c2cccc(Cl)c2)c(=O)[nH]1)c1ccccn1.O=c1[nH]c(SCc2ccc(Cl)nc2)nc2c1cnn2-c1cccc(Cl)c1. The van der Waals surface area contributed by atoms with Gasteiger partial charge < -0.3 is 34.8 Å². The number of fused-ring (bicyclic) bond motifs is 5. The number of Topliss-reactive ketones (excluding diaryl/α,β-unsaturated/α-hetero) is 2. The van der Waals surface area contributed by atoms with Crippen molar-refractivity contribution in [1.82, 2.24) is 109 Å². The summed E-state index contributed by atoms with van der Waals surface area (Å²) >= 11 is 45.4. The summed E-state index contributed by atoms with van der Waals surface area (Å²) in [6.07, 6.45) is 11.6. The second kappa shape index (κ2) is 43.6. The number of pyridine rings is 2. The Labute approximate surface area is 798 Å². The molecular formula is C86H65BrCl6N22O11S5. The van der Waals surface area contributed by atoms with Crippen molar-refractivity contribution in [2.45, 2.75) is 69.9 Å². The number of aliphatic carboxylic acids is 1. The Morgan fingerprint density at radius 2 is 0.794 bits per heavy atom. The van der Waals surface area contributed by atoms with E-state index in [1.54, 1.807) is 173 Å². The fraction of sp³-hybridized carbons (Fsp3) is 0.128. The van der Waals surface area contributed by atoms with Crippen molar-refractivity contribution in [3.05, 3.63) is 323 Å². The van der Waals surface area contributed by atoms with Crippen LogP contribution >= 0.6 is 144 Å². The number of hydrogen-bond donors (Lipinski definition) is 6. The number of carboxylic acid groups (broad SMARTS) is 1. The van der Waals surface area contributed by atoms with E-state index in [0.29, 0.717) is 165 Å². The molecule has 0 aliphatic carbocycles. The maximum Gasteiger partial charge on any atom is 0.319 e. The Morgan fingerprint density at radius 1 is 0.427 bits per heavy atom. The number of thioether (sulfide) groups is 5. The second-order valence-corrected chi connectivity index (χ2v) is 36.9. The van der Waals surface area contributed by atoms with Crippen LogP contribution < -0.4 is 27.8 Å². The van der Waals surface area contributed by atoms with Crippen molar-refractivity contribution in [1.29, 1.82) is 0 Å². The van der Waals surface area contributed by atoms with E-state index >= 15 is 0 Å². The molecule has 131 heavy (non-hydrogen) atoms. The van der Waals surface area contributed by atoms with Gasteiger partial charge in [-0.2, -0.15) is 25.5 Å². The normalized spacial score (nSPS) is 11.2. The molecule has 18 aromatic rings. The number of rotatable bonds is 25. The molecule has 0 saturated heterocycles. The summed E-state index contributed by atoms with van der Waals surface area (Å²) in [6.45, 7) is 5.24. The van der Waals surface area contributed by atoms with Gasteiger partial charge in [0.25, 0.3) is 27.8 Å². The highest BCUT2D eigenvalue weighted by Crippen LogP contribution is 2.33. The number of aromatic nitrogens is 22. The molecule has 33 nitrogen and oxygen atoms in total. The summed E-state index contributed by atoms with van der Waals surface area (Å²) in [5, 5.41) is 37.4. The Kier molecular flexibility index (Phi) is 31.5. The summed E-state index contributed by atoms with van der Waals surface area (Å²) in [6, 6.07) is 51.5. The Balaban J connectivity index is 0.000000132. The van der Waals surface area contributed by atoms with Gasteiger partial charge in [0, 0.05) is 65.5 Å². The molecule has 45 heteroatoms. The molecule has 0 amide bonds. The van der Waals surface area contributed by atoms with Crippen LogP contribution in [0.3, 0.4) is 0 Å². The molecular weight excluding hydrogens is 1970 g/mol. The van der Waals surface area contributed by atoms with Gasteiger partial charge in [0.1, 0.15) is 42.5 Å². The van der Waals surface area contributed by atoms with E-state index in [0.717, 1.165) is 44.9 Å². The fourth-order valence-corrected chi connectivity index (χ4v) is 17.1. The van der Waals surface area contributed by atoms with E-state index < -0.39 is 10.7 Å². The number of aromatic amines is 5. The number of benzene rings is 6. The first-order valence-corrected chi connectivity index (χ1v) is 46.5. The van der Waals surface area contributed by atoms with Crippen molar-refractivity contribution in [3.63, 3.8) is 0 Å². The van der Waals surface area contributed by atoms with Crippen LogP contribution in [0, 0.1) is 0 Å². The monoisotopic (exact) mass is 2030 g/mol. The zero-order valence-electron chi connectivity index (χ0n) is 68.1. The third-order valence-electron chi connectivity index (χ3n) is 18.2. The zero-order valence-corrected chi connectivity index (χ0v) is 78.3. The summed E-state index contributed by atoms with van der Waals surface area (Å²) in [5.74, 6) is 0.0820. The number of nitrogens with zero attached hydrogens (tertiary/aromatic N) is 17. The highest BCUT2D eigenvalue weighted by Gasteiger charge is 2.31. The topological polar surface area (TPSA) is 441 Å². The van der Waals surface area contributed by atoms with Crippen LogP contribution in [0.5, 0.6) is 0 Å². The predicted molar refractivity (Wildman–Crippen MR) is 514 cm³/mol. The van der Waals surface area contributed by atoms with Gasteiger partial charge in [-0.1, -0.05) is 199 Å². The second-order valence-electron chi connectivity index (χ2n) is 27.8. The first kappa shape index (κ1) is 94.7. The van der Waals surface area contributed by atoms with Gasteiger partial charge in [0.15, 0.2) is 65.6 Å². The Morgan fingerprint density at radius 3 is 1.15 bits per heavy atom. The zero-order chi connectivity index (χ0) is 92.6. The first-order chi connectivity index (χ1) is 63.1. The van der Waals surface area contributed by atoms with Crippen LogP contribution in [-0.2, 0) is 20.1 Å². The summed E-state index contributed by atoms with van der Waals surface area (Å²) in [4.78, 5) is 153. The lowest BCUT2D eigenvalue weighted by Gasteiger charge is -2.17. The average molecular weight is 2040 g/mol. The maximum absolute atomic E-state index is 12.4. The molecule has 0 unspecified atom stereocenters. The number of hydrogen-bond acceptors (Lipinski definition) is 27. The van der Waals surface area contributed by atoms with Crippen LogP contribution in [0.1, 0.15) is 60.0 Å². The molecule has 0 atom stereocenters. The smallest absolute Gasteiger partial charge is 0.319 e. The van der Waals surface area contributed by atoms with Gasteiger partial charge in [0.2, 0.25) is 0 Å². The molecule has 0 bridgehead atoms. The summed E-state index contributed by atoms with van der Waals surface area (Å²) in [5.41, 5.74) is 6.05. The molecule has 0 fully saturated rings. The van der Waals surface area contributed by atoms with Crippen LogP contribution in [0.2, 0.25) is 30.3 Å². The van der Waals surface area contributed by atoms with Gasteiger partial charge in [-0.25, -0.2) is 53.3 Å². The van der Waals surface area contributed by atoms with E-state index in [9.17, 15) is 48.3 Å². The lowest BCUT2D eigenvalue weighted by atomic mass is 10.2. The number of nitrogens with one attached hydrogen (secondary N) is 5. The minimum absolute atomic E-state index is 0.0522. The van der Waals surface area contributed by atoms with Crippen molar-refractivity contribution in [2.75, 3.05) is 23.9 Å². The third-order valence-corrected chi connectivity index (χ3v) is 24.9. The van der Waals surface area contributed by atoms with Gasteiger partial charge in [-0.15, -0.1) is 0 Å². The fourth-order valence-electron chi connectivity index (χ4n) is 11.9. The highest BCUT2D eigenvalue weighted by molar-refractivity contribution is 9.10. The van der Waals surface area contributed by atoms with Crippen molar-refractivity contribution < 1.29 is 29.0 Å². The number of H-pyrrole nitrogens is 5. The summed E-state index contributed by atoms with van der Waals surface area (Å²) < 4.78 is 12.4. The van der Waals surface area contributed by atoms with Gasteiger partial charge in [-0.3, -0.25) is 48.1 Å². The van der Waals surface area contributed by atoms with E-state index in [-0.39, 0.29) is 62.0 Å². The van der Waals surface area contributed by atoms with Crippen LogP contribution in [-0.4, -0.2) is 166 Å². The van der Waals surface area contributed by atoms with Gasteiger partial charge >= 0.3 is 11.9 Å². The lowest BCUT2D eigenvalue weighted by molar-refractivity contribution is -0.143. The molecule has 0 radical (unpaired) electrons. The number of carbonyl (C=O) groups excluding carboxylic acids is 3. The predicted octanol–water partition coefficient (Wildman–Crippen LogP) is 17.6. The van der Waals surface area contributed by atoms with Gasteiger partial charge in [0.05, 0.1) is 77.5 Å². The van der Waals surface area contributed by atoms with E-state index in [1.165, 1.54) is 71.0 Å². The maximum atomic E-state index is 12.4. The lowest BCUT2D eigenvalue weighted by Crippen LogP contribution is -2.28. The number of esters is 1. The molecule has 0 saturated carbocycles. The van der Waals surface area contributed by atoms with E-state index in [1.807, 2.05) is 54.6 Å². The van der Waals surface area contributed by atoms with E-state index in [4.69, 9.17) is 74.3 Å². The molecule has 12 heterocycles. The number of carbonyl (C=O) groups is 4. The van der Waals surface area contributed by atoms with E-state index in [2.05, 4.69) is 101 Å². The molecule has 6 aromatic carbocycles. The number of carboxylic acids is 1.